The number of aliphatic hydroxyl groups excluding tert-OH is 1. The maximum Gasteiger partial charge on any atom is 0.225 e. The summed E-state index contributed by atoms with van der Waals surface area (Å²) in [6, 6.07) is 3.32. The molecular formula is C9H11ClO4. The zero-order valence-corrected chi connectivity index (χ0v) is 8.45. The number of hydrogen-bond acceptors (Lipinski definition) is 4. The monoisotopic (exact) mass is 218 g/mol. The number of halogens is 1. The van der Waals surface area contributed by atoms with E-state index >= 15 is 0 Å². The third-order valence-electron chi connectivity index (χ3n) is 2.16. The number of aliphatic hydroxyl groups is 1. The van der Waals surface area contributed by atoms with E-state index in [2.05, 4.69) is 0 Å². The molecule has 1 aromatic rings. The molecule has 0 bridgehead atoms. The van der Waals surface area contributed by atoms with Crippen molar-refractivity contribution >= 4 is 11.6 Å². The Balaban J connectivity index is 2.18. The summed E-state index contributed by atoms with van der Waals surface area (Å²) in [5.74, 6) is -0.418. The highest BCUT2D eigenvalue weighted by Gasteiger charge is 2.41. The predicted molar refractivity (Wildman–Crippen MR) is 49.0 cm³/mol. The molecule has 1 aliphatic heterocycles. The van der Waals surface area contributed by atoms with E-state index in [0.29, 0.717) is 17.6 Å². The van der Waals surface area contributed by atoms with Crippen molar-refractivity contribution in [2.24, 2.45) is 0 Å². The van der Waals surface area contributed by atoms with Crippen LogP contribution >= 0.6 is 11.6 Å². The second kappa shape index (κ2) is 3.55. The highest BCUT2D eigenvalue weighted by atomic mass is 35.5. The Morgan fingerprint density at radius 2 is 2.43 bits per heavy atom. The summed E-state index contributed by atoms with van der Waals surface area (Å²) < 4.78 is 16.1. The lowest BCUT2D eigenvalue weighted by Crippen LogP contribution is -2.24. The summed E-state index contributed by atoms with van der Waals surface area (Å²) in [4.78, 5) is 0. The van der Waals surface area contributed by atoms with Crippen molar-refractivity contribution < 1.29 is 19.0 Å². The van der Waals surface area contributed by atoms with Crippen molar-refractivity contribution in [3.63, 3.8) is 0 Å². The molecule has 1 aliphatic rings. The molecule has 4 nitrogen and oxygen atoms in total. The smallest absolute Gasteiger partial charge is 0.225 e. The zero-order chi connectivity index (χ0) is 10.2. The number of ether oxygens (including phenoxy) is 2. The quantitative estimate of drug-likeness (QED) is 0.818. The van der Waals surface area contributed by atoms with E-state index in [9.17, 15) is 0 Å². The highest BCUT2D eigenvalue weighted by Crippen LogP contribution is 2.35. The fraction of sp³-hybridized carbons (Fsp3) is 0.556. The van der Waals surface area contributed by atoms with E-state index in [4.69, 9.17) is 30.6 Å². The SMILES string of the molecule is CC1(c2ccc(Cl)o2)OCC(CO)O1. The second-order valence-corrected chi connectivity index (χ2v) is 3.66. The van der Waals surface area contributed by atoms with Gasteiger partial charge in [-0.1, -0.05) is 0 Å². The molecule has 0 radical (unpaired) electrons. The molecule has 2 rings (SSSR count). The molecule has 0 aliphatic carbocycles. The van der Waals surface area contributed by atoms with Gasteiger partial charge in [-0.15, -0.1) is 0 Å². The number of furan rings is 1. The minimum atomic E-state index is -0.930. The second-order valence-electron chi connectivity index (χ2n) is 3.28. The molecule has 78 valence electrons. The van der Waals surface area contributed by atoms with Gasteiger partial charge in [0.05, 0.1) is 13.2 Å². The Hall–Kier alpha value is -0.550. The molecule has 1 aromatic heterocycles. The lowest BCUT2D eigenvalue weighted by atomic mass is 10.2. The van der Waals surface area contributed by atoms with Crippen LogP contribution in [0.3, 0.4) is 0 Å². The van der Waals surface area contributed by atoms with Crippen molar-refractivity contribution in [2.75, 3.05) is 13.2 Å². The van der Waals surface area contributed by atoms with Crippen molar-refractivity contribution in [2.45, 2.75) is 18.8 Å². The molecule has 1 saturated heterocycles. The van der Waals surface area contributed by atoms with Gasteiger partial charge in [0.2, 0.25) is 5.79 Å². The van der Waals surface area contributed by atoms with Crippen molar-refractivity contribution in [1.29, 1.82) is 0 Å². The molecule has 0 aromatic carbocycles. The first-order valence-corrected chi connectivity index (χ1v) is 4.70. The van der Waals surface area contributed by atoms with Gasteiger partial charge in [-0.2, -0.15) is 0 Å². The Morgan fingerprint density at radius 3 is 2.93 bits per heavy atom. The summed E-state index contributed by atoms with van der Waals surface area (Å²) in [5.41, 5.74) is 0. The molecule has 0 spiro atoms. The topological polar surface area (TPSA) is 51.8 Å². The molecular weight excluding hydrogens is 208 g/mol. The summed E-state index contributed by atoms with van der Waals surface area (Å²) in [6.07, 6.45) is -0.302. The summed E-state index contributed by atoms with van der Waals surface area (Å²) >= 11 is 5.64. The van der Waals surface area contributed by atoms with Gasteiger partial charge in [-0.05, 0) is 30.7 Å². The lowest BCUT2D eigenvalue weighted by Gasteiger charge is -2.19. The van der Waals surface area contributed by atoms with E-state index in [0.717, 1.165) is 0 Å². The molecule has 2 heterocycles. The first-order valence-electron chi connectivity index (χ1n) is 4.32. The average molecular weight is 219 g/mol. The Bertz CT molecular complexity index is 324. The van der Waals surface area contributed by atoms with Gasteiger partial charge in [0.25, 0.3) is 0 Å². The van der Waals surface area contributed by atoms with Crippen molar-refractivity contribution in [1.82, 2.24) is 0 Å². The molecule has 2 atom stereocenters. The van der Waals surface area contributed by atoms with Gasteiger partial charge in [-0.25, -0.2) is 0 Å². The first-order chi connectivity index (χ1) is 6.64. The standard InChI is InChI=1S/C9H11ClO4/c1-9(7-2-3-8(10)13-7)12-5-6(4-11)14-9/h2-3,6,11H,4-5H2,1H3. The number of hydrogen-bond donors (Lipinski definition) is 1. The number of rotatable bonds is 2. The summed E-state index contributed by atoms with van der Waals surface area (Å²) in [7, 11) is 0. The van der Waals surface area contributed by atoms with Crippen LogP contribution in [0.4, 0.5) is 0 Å². The van der Waals surface area contributed by atoms with Gasteiger partial charge in [0.1, 0.15) is 6.10 Å². The van der Waals surface area contributed by atoms with Crippen LogP contribution in [0.25, 0.3) is 0 Å². The largest absolute Gasteiger partial charge is 0.444 e. The van der Waals surface area contributed by atoms with E-state index in [1.807, 2.05) is 0 Å². The molecule has 1 N–H and O–H groups in total. The molecule has 14 heavy (non-hydrogen) atoms. The van der Waals surface area contributed by atoms with E-state index in [1.54, 1.807) is 19.1 Å². The van der Waals surface area contributed by atoms with Crippen LogP contribution in [-0.4, -0.2) is 24.4 Å². The van der Waals surface area contributed by atoms with Gasteiger partial charge in [0.15, 0.2) is 11.0 Å². The van der Waals surface area contributed by atoms with Crippen LogP contribution in [0, 0.1) is 0 Å². The van der Waals surface area contributed by atoms with Crippen LogP contribution in [0.1, 0.15) is 12.7 Å². The minimum absolute atomic E-state index is 0.0654. The Labute approximate surface area is 86.4 Å². The van der Waals surface area contributed by atoms with E-state index < -0.39 is 5.79 Å². The van der Waals surface area contributed by atoms with Crippen LogP contribution in [0.5, 0.6) is 0 Å². The van der Waals surface area contributed by atoms with Crippen LogP contribution < -0.4 is 0 Å². The zero-order valence-electron chi connectivity index (χ0n) is 7.70. The molecule has 0 amide bonds. The summed E-state index contributed by atoms with van der Waals surface area (Å²) in [5, 5.41) is 9.18. The maximum atomic E-state index is 8.89. The van der Waals surface area contributed by atoms with Gasteiger partial charge in [-0.3, -0.25) is 0 Å². The fourth-order valence-electron chi connectivity index (χ4n) is 1.42. The Kier molecular flexibility index (Phi) is 2.53. The lowest BCUT2D eigenvalue weighted by molar-refractivity contribution is -0.177. The van der Waals surface area contributed by atoms with Crippen LogP contribution in [-0.2, 0) is 15.3 Å². The third kappa shape index (κ3) is 1.66. The fourth-order valence-corrected chi connectivity index (χ4v) is 1.56. The van der Waals surface area contributed by atoms with E-state index in [-0.39, 0.29) is 12.7 Å². The van der Waals surface area contributed by atoms with Crippen LogP contribution in [0.15, 0.2) is 16.5 Å². The molecule has 2 unspecified atom stereocenters. The minimum Gasteiger partial charge on any atom is -0.444 e. The van der Waals surface area contributed by atoms with Gasteiger partial charge >= 0.3 is 0 Å². The van der Waals surface area contributed by atoms with Gasteiger partial charge < -0.3 is 19.0 Å². The average Bonchev–Trinajstić information content (AvgIpc) is 2.73. The predicted octanol–water partition coefficient (Wildman–Crippen LogP) is 1.51. The molecule has 1 fully saturated rings. The molecule has 5 heteroatoms. The molecule has 0 saturated carbocycles. The van der Waals surface area contributed by atoms with Crippen molar-refractivity contribution in [3.8, 4) is 0 Å². The first kappa shape index (κ1) is 9.98. The normalized spacial score (nSPS) is 32.4. The highest BCUT2D eigenvalue weighted by molar-refractivity contribution is 6.28. The van der Waals surface area contributed by atoms with E-state index in [1.165, 1.54) is 0 Å². The maximum absolute atomic E-state index is 8.89. The van der Waals surface area contributed by atoms with Crippen molar-refractivity contribution in [3.05, 3.63) is 23.1 Å². The Morgan fingerprint density at radius 1 is 1.64 bits per heavy atom. The third-order valence-corrected chi connectivity index (χ3v) is 2.36. The summed E-state index contributed by atoms with van der Waals surface area (Å²) in [6.45, 7) is 2.02. The van der Waals surface area contributed by atoms with Crippen LogP contribution in [0.2, 0.25) is 5.22 Å². The van der Waals surface area contributed by atoms with Gasteiger partial charge in [0, 0.05) is 0 Å².